The molecule has 0 aliphatic carbocycles. The van der Waals surface area contributed by atoms with Gasteiger partial charge in [-0.3, -0.25) is 4.79 Å². The van der Waals surface area contributed by atoms with E-state index in [0.29, 0.717) is 17.9 Å². The van der Waals surface area contributed by atoms with E-state index in [0.717, 1.165) is 30.9 Å². The molecule has 0 aliphatic rings. The number of rotatable bonds is 8. The summed E-state index contributed by atoms with van der Waals surface area (Å²) in [7, 11) is 0. The lowest BCUT2D eigenvalue weighted by Crippen LogP contribution is -2.32. The molecule has 1 aromatic carbocycles. The maximum absolute atomic E-state index is 12.1. The highest BCUT2D eigenvalue weighted by Crippen LogP contribution is 2.15. The number of hydrogen-bond acceptors (Lipinski definition) is 5. The Kier molecular flexibility index (Phi) is 6.50. The second kappa shape index (κ2) is 8.85. The van der Waals surface area contributed by atoms with Crippen molar-refractivity contribution in [3.05, 3.63) is 47.7 Å². The third-order valence-electron chi connectivity index (χ3n) is 3.21. The highest BCUT2D eigenvalue weighted by Gasteiger charge is 2.06. The quantitative estimate of drug-likeness (QED) is 0.652. The molecule has 0 aliphatic heterocycles. The first-order valence-corrected chi connectivity index (χ1v) is 7.85. The standard InChI is InChI=1S/C17H23N5O/c1-3-9-18-10-11-19-17(23)14-5-4-6-15(12-14)20-16-8-7-13(2)21-22-16/h4-8,12,18H,3,9-11H2,1-2H3,(H,19,23)(H,20,22). The van der Waals surface area contributed by atoms with Crippen LogP contribution in [0.4, 0.5) is 11.5 Å². The van der Waals surface area contributed by atoms with Crippen LogP contribution in [0.3, 0.4) is 0 Å². The molecule has 0 unspecified atom stereocenters. The summed E-state index contributed by atoms with van der Waals surface area (Å²) in [5.74, 6) is 0.568. The molecule has 122 valence electrons. The largest absolute Gasteiger partial charge is 0.351 e. The van der Waals surface area contributed by atoms with Crippen LogP contribution in [0, 0.1) is 6.92 Å². The first kappa shape index (κ1) is 16.9. The summed E-state index contributed by atoms with van der Waals surface area (Å²) in [6.45, 7) is 6.35. The Morgan fingerprint density at radius 2 is 1.96 bits per heavy atom. The van der Waals surface area contributed by atoms with Crippen LogP contribution in [0.15, 0.2) is 36.4 Å². The lowest BCUT2D eigenvalue weighted by atomic mass is 10.2. The Morgan fingerprint density at radius 3 is 2.70 bits per heavy atom. The monoisotopic (exact) mass is 313 g/mol. The first-order valence-electron chi connectivity index (χ1n) is 7.85. The van der Waals surface area contributed by atoms with Gasteiger partial charge in [-0.05, 0) is 50.2 Å². The van der Waals surface area contributed by atoms with Gasteiger partial charge in [-0.15, -0.1) is 5.10 Å². The summed E-state index contributed by atoms with van der Waals surface area (Å²) < 4.78 is 0. The number of benzene rings is 1. The molecule has 23 heavy (non-hydrogen) atoms. The van der Waals surface area contributed by atoms with Crippen molar-refractivity contribution in [2.75, 3.05) is 25.0 Å². The van der Waals surface area contributed by atoms with E-state index in [4.69, 9.17) is 0 Å². The molecule has 0 atom stereocenters. The van der Waals surface area contributed by atoms with E-state index < -0.39 is 0 Å². The van der Waals surface area contributed by atoms with Crippen molar-refractivity contribution in [3.8, 4) is 0 Å². The number of nitrogens with one attached hydrogen (secondary N) is 3. The minimum Gasteiger partial charge on any atom is -0.351 e. The van der Waals surface area contributed by atoms with Crippen LogP contribution < -0.4 is 16.0 Å². The number of carbonyl (C=O) groups excluding carboxylic acids is 1. The van der Waals surface area contributed by atoms with Crippen LogP contribution in [-0.4, -0.2) is 35.7 Å². The molecule has 2 rings (SSSR count). The van der Waals surface area contributed by atoms with Gasteiger partial charge in [-0.1, -0.05) is 13.0 Å². The van der Waals surface area contributed by atoms with E-state index in [1.54, 1.807) is 12.1 Å². The second-order valence-electron chi connectivity index (χ2n) is 5.27. The Morgan fingerprint density at radius 1 is 1.09 bits per heavy atom. The predicted octanol–water partition coefficient (Wildman–Crippen LogP) is 2.26. The van der Waals surface area contributed by atoms with Crippen molar-refractivity contribution in [2.45, 2.75) is 20.3 Å². The lowest BCUT2D eigenvalue weighted by molar-refractivity contribution is 0.0954. The topological polar surface area (TPSA) is 78.9 Å². The van der Waals surface area contributed by atoms with Crippen LogP contribution in [0.5, 0.6) is 0 Å². The van der Waals surface area contributed by atoms with E-state index in [-0.39, 0.29) is 5.91 Å². The molecule has 6 heteroatoms. The van der Waals surface area contributed by atoms with Gasteiger partial charge in [-0.25, -0.2) is 0 Å². The number of hydrogen-bond donors (Lipinski definition) is 3. The third-order valence-corrected chi connectivity index (χ3v) is 3.21. The molecule has 0 saturated heterocycles. The van der Waals surface area contributed by atoms with E-state index in [2.05, 4.69) is 33.1 Å². The van der Waals surface area contributed by atoms with Gasteiger partial charge in [-0.2, -0.15) is 5.10 Å². The zero-order valence-corrected chi connectivity index (χ0v) is 13.6. The highest BCUT2D eigenvalue weighted by atomic mass is 16.1. The molecule has 2 aromatic rings. The van der Waals surface area contributed by atoms with E-state index in [1.165, 1.54) is 0 Å². The second-order valence-corrected chi connectivity index (χ2v) is 5.27. The zero-order valence-electron chi connectivity index (χ0n) is 13.6. The summed E-state index contributed by atoms with van der Waals surface area (Å²) in [4.78, 5) is 12.1. The fourth-order valence-corrected chi connectivity index (χ4v) is 2.02. The molecule has 0 fully saturated rings. The summed E-state index contributed by atoms with van der Waals surface area (Å²) in [6.07, 6.45) is 1.09. The maximum Gasteiger partial charge on any atom is 0.251 e. The summed E-state index contributed by atoms with van der Waals surface area (Å²) in [5, 5.41) is 17.3. The number of nitrogens with zero attached hydrogens (tertiary/aromatic N) is 2. The maximum atomic E-state index is 12.1. The summed E-state index contributed by atoms with van der Waals surface area (Å²) in [6, 6.07) is 11.1. The normalized spacial score (nSPS) is 10.3. The van der Waals surface area contributed by atoms with Gasteiger partial charge in [0.1, 0.15) is 0 Å². The van der Waals surface area contributed by atoms with E-state index >= 15 is 0 Å². The highest BCUT2D eigenvalue weighted by molar-refractivity contribution is 5.95. The van der Waals surface area contributed by atoms with Gasteiger partial charge in [0.25, 0.3) is 5.91 Å². The van der Waals surface area contributed by atoms with Gasteiger partial charge < -0.3 is 16.0 Å². The Hall–Kier alpha value is -2.47. The molecule has 3 N–H and O–H groups in total. The molecule has 6 nitrogen and oxygen atoms in total. The molecule has 0 radical (unpaired) electrons. The Labute approximate surface area is 136 Å². The smallest absolute Gasteiger partial charge is 0.251 e. The molecule has 0 saturated carbocycles. The fraction of sp³-hybridized carbons (Fsp3) is 0.353. The van der Waals surface area contributed by atoms with Crippen molar-refractivity contribution in [3.63, 3.8) is 0 Å². The molecular formula is C17H23N5O. The van der Waals surface area contributed by atoms with Crippen molar-refractivity contribution in [1.29, 1.82) is 0 Å². The minimum absolute atomic E-state index is 0.0815. The molecule has 1 amide bonds. The number of carbonyl (C=O) groups is 1. The van der Waals surface area contributed by atoms with Gasteiger partial charge in [0.05, 0.1) is 5.69 Å². The third kappa shape index (κ3) is 5.67. The minimum atomic E-state index is -0.0815. The van der Waals surface area contributed by atoms with Gasteiger partial charge in [0, 0.05) is 24.3 Å². The predicted molar refractivity (Wildman–Crippen MR) is 92.0 cm³/mol. The SMILES string of the molecule is CCCNCCNC(=O)c1cccc(Nc2ccc(C)nn2)c1. The first-order chi connectivity index (χ1) is 11.2. The molecular weight excluding hydrogens is 290 g/mol. The van der Waals surface area contributed by atoms with Gasteiger partial charge >= 0.3 is 0 Å². The average Bonchev–Trinajstić information content (AvgIpc) is 2.57. The van der Waals surface area contributed by atoms with E-state index in [1.807, 2.05) is 31.2 Å². The van der Waals surface area contributed by atoms with Crippen molar-refractivity contribution in [2.24, 2.45) is 0 Å². The Bertz CT molecular complexity index is 627. The fourth-order valence-electron chi connectivity index (χ4n) is 2.02. The van der Waals surface area contributed by atoms with E-state index in [9.17, 15) is 4.79 Å². The van der Waals surface area contributed by atoms with Crippen molar-refractivity contribution < 1.29 is 4.79 Å². The van der Waals surface area contributed by atoms with Crippen LogP contribution in [0.1, 0.15) is 29.4 Å². The number of anilines is 2. The van der Waals surface area contributed by atoms with Crippen LogP contribution in [0.25, 0.3) is 0 Å². The molecule has 1 heterocycles. The molecule has 0 spiro atoms. The number of aryl methyl sites for hydroxylation is 1. The van der Waals surface area contributed by atoms with Gasteiger partial charge in [0.15, 0.2) is 5.82 Å². The number of aromatic nitrogens is 2. The summed E-state index contributed by atoms with van der Waals surface area (Å²) in [5.41, 5.74) is 2.28. The van der Waals surface area contributed by atoms with Crippen LogP contribution in [0.2, 0.25) is 0 Å². The number of amides is 1. The zero-order chi connectivity index (χ0) is 16.5. The molecule has 0 bridgehead atoms. The van der Waals surface area contributed by atoms with Crippen LogP contribution in [-0.2, 0) is 0 Å². The Balaban J connectivity index is 1.91. The van der Waals surface area contributed by atoms with Crippen LogP contribution >= 0.6 is 0 Å². The lowest BCUT2D eigenvalue weighted by Gasteiger charge is -2.09. The average molecular weight is 313 g/mol. The van der Waals surface area contributed by atoms with Crippen molar-refractivity contribution in [1.82, 2.24) is 20.8 Å². The van der Waals surface area contributed by atoms with Crippen molar-refractivity contribution >= 4 is 17.4 Å². The van der Waals surface area contributed by atoms with Gasteiger partial charge in [0.2, 0.25) is 0 Å². The summed E-state index contributed by atoms with van der Waals surface area (Å²) >= 11 is 0. The molecule has 1 aromatic heterocycles.